The highest BCUT2D eigenvalue weighted by Crippen LogP contribution is 2.34. The largest absolute Gasteiger partial charge is 0.493 e. The summed E-state index contributed by atoms with van der Waals surface area (Å²) in [7, 11) is 1.54. The molecule has 2 saturated heterocycles. The SMILES string of the molecule is COc1cc(/C=C2\SC(=O)N(CC(=O)N3CCCCC3)C2=O)ccc1OCCOc1ccc(C(C)(C)C)cc1. The Hall–Kier alpha value is -3.46. The summed E-state index contributed by atoms with van der Waals surface area (Å²) in [6.07, 6.45) is 4.63. The van der Waals surface area contributed by atoms with Crippen molar-refractivity contribution < 1.29 is 28.6 Å². The highest BCUT2D eigenvalue weighted by atomic mass is 32.2. The van der Waals surface area contributed by atoms with Gasteiger partial charge >= 0.3 is 0 Å². The third kappa shape index (κ3) is 7.35. The molecule has 0 aromatic heterocycles. The molecule has 8 nitrogen and oxygen atoms in total. The first kappa shape index (κ1) is 28.5. The van der Waals surface area contributed by atoms with E-state index in [2.05, 4.69) is 32.9 Å². The van der Waals surface area contributed by atoms with Gasteiger partial charge in [-0.3, -0.25) is 19.3 Å². The summed E-state index contributed by atoms with van der Waals surface area (Å²) in [4.78, 5) is 41.0. The number of carbonyl (C=O) groups is 3. The number of amides is 3. The highest BCUT2D eigenvalue weighted by Gasteiger charge is 2.37. The molecule has 3 amide bonds. The maximum Gasteiger partial charge on any atom is 0.294 e. The second kappa shape index (κ2) is 12.6. The van der Waals surface area contributed by atoms with E-state index >= 15 is 0 Å². The van der Waals surface area contributed by atoms with Crippen LogP contribution in [0.25, 0.3) is 6.08 Å². The molecule has 0 saturated carbocycles. The smallest absolute Gasteiger partial charge is 0.294 e. The van der Waals surface area contributed by atoms with Crippen LogP contribution in [0.15, 0.2) is 47.4 Å². The van der Waals surface area contributed by atoms with Crippen molar-refractivity contribution in [3.63, 3.8) is 0 Å². The zero-order valence-electron chi connectivity index (χ0n) is 23.0. The Morgan fingerprint density at radius 3 is 2.31 bits per heavy atom. The van der Waals surface area contributed by atoms with Gasteiger partial charge in [-0.15, -0.1) is 0 Å². The normalized spacial score (nSPS) is 17.1. The van der Waals surface area contributed by atoms with Crippen LogP contribution in [0.2, 0.25) is 0 Å². The number of hydrogen-bond acceptors (Lipinski definition) is 7. The minimum Gasteiger partial charge on any atom is -0.493 e. The molecule has 0 N–H and O–H groups in total. The number of likely N-dealkylation sites (tertiary alicyclic amines) is 1. The molecule has 39 heavy (non-hydrogen) atoms. The number of thioether (sulfide) groups is 1. The summed E-state index contributed by atoms with van der Waals surface area (Å²) in [6, 6.07) is 13.3. The van der Waals surface area contributed by atoms with Crippen molar-refractivity contribution >= 4 is 34.9 Å². The molecule has 208 valence electrons. The second-order valence-electron chi connectivity index (χ2n) is 10.6. The molecule has 0 atom stereocenters. The fourth-order valence-electron chi connectivity index (χ4n) is 4.42. The first-order chi connectivity index (χ1) is 18.7. The highest BCUT2D eigenvalue weighted by molar-refractivity contribution is 8.18. The molecule has 2 fully saturated rings. The first-order valence-electron chi connectivity index (χ1n) is 13.2. The molecular weight excluding hydrogens is 516 g/mol. The van der Waals surface area contributed by atoms with E-state index in [4.69, 9.17) is 14.2 Å². The summed E-state index contributed by atoms with van der Waals surface area (Å²) >= 11 is 0.839. The van der Waals surface area contributed by atoms with Crippen LogP contribution >= 0.6 is 11.8 Å². The maximum absolute atomic E-state index is 12.9. The van der Waals surface area contributed by atoms with Gasteiger partial charge in [0.15, 0.2) is 11.5 Å². The number of rotatable bonds is 9. The van der Waals surface area contributed by atoms with E-state index in [1.54, 1.807) is 36.3 Å². The number of carbonyl (C=O) groups excluding carboxylic acids is 3. The van der Waals surface area contributed by atoms with Crippen LogP contribution in [0.4, 0.5) is 4.79 Å². The van der Waals surface area contributed by atoms with E-state index in [-0.39, 0.29) is 22.8 Å². The second-order valence-corrected chi connectivity index (χ2v) is 11.6. The molecule has 9 heteroatoms. The Balaban J connectivity index is 1.32. The molecule has 2 aromatic rings. The molecular formula is C30H36N2O6S. The van der Waals surface area contributed by atoms with Gasteiger partial charge in [0, 0.05) is 13.1 Å². The van der Waals surface area contributed by atoms with Crippen molar-refractivity contribution in [1.82, 2.24) is 9.80 Å². The van der Waals surface area contributed by atoms with E-state index in [1.165, 1.54) is 5.56 Å². The summed E-state index contributed by atoms with van der Waals surface area (Å²) in [6.45, 7) is 8.33. The topological polar surface area (TPSA) is 85.4 Å². The van der Waals surface area contributed by atoms with Gasteiger partial charge in [0.25, 0.3) is 11.1 Å². The Kier molecular flexibility index (Phi) is 9.22. The van der Waals surface area contributed by atoms with Gasteiger partial charge in [-0.1, -0.05) is 39.0 Å². The van der Waals surface area contributed by atoms with Gasteiger partial charge < -0.3 is 19.1 Å². The average molecular weight is 553 g/mol. The number of hydrogen-bond donors (Lipinski definition) is 0. The van der Waals surface area contributed by atoms with E-state index in [1.807, 2.05) is 12.1 Å². The lowest BCUT2D eigenvalue weighted by molar-refractivity contribution is -0.136. The van der Waals surface area contributed by atoms with Crippen LogP contribution in [0.5, 0.6) is 17.2 Å². The van der Waals surface area contributed by atoms with E-state index in [0.29, 0.717) is 43.4 Å². The van der Waals surface area contributed by atoms with Gasteiger partial charge in [0.2, 0.25) is 5.91 Å². The lowest BCUT2D eigenvalue weighted by atomic mass is 9.87. The van der Waals surface area contributed by atoms with Gasteiger partial charge in [0.05, 0.1) is 12.0 Å². The minimum absolute atomic E-state index is 0.0881. The lowest BCUT2D eigenvalue weighted by Crippen LogP contribution is -2.44. The van der Waals surface area contributed by atoms with Crippen molar-refractivity contribution in [3.05, 3.63) is 58.5 Å². The molecule has 0 unspecified atom stereocenters. The molecule has 4 rings (SSSR count). The predicted octanol–water partition coefficient (Wildman–Crippen LogP) is 5.50. The van der Waals surface area contributed by atoms with Crippen molar-refractivity contribution in [3.8, 4) is 17.2 Å². The van der Waals surface area contributed by atoms with Crippen LogP contribution in [-0.2, 0) is 15.0 Å². The Morgan fingerprint density at radius 2 is 1.64 bits per heavy atom. The molecule has 0 bridgehead atoms. The zero-order valence-corrected chi connectivity index (χ0v) is 23.8. The van der Waals surface area contributed by atoms with E-state index in [9.17, 15) is 14.4 Å². The summed E-state index contributed by atoms with van der Waals surface area (Å²) in [5.41, 5.74) is 2.01. The van der Waals surface area contributed by atoms with Crippen LogP contribution < -0.4 is 14.2 Å². The number of piperidine rings is 1. The minimum atomic E-state index is -0.456. The van der Waals surface area contributed by atoms with Crippen LogP contribution in [0.1, 0.15) is 51.2 Å². The third-order valence-electron chi connectivity index (χ3n) is 6.69. The lowest BCUT2D eigenvalue weighted by Gasteiger charge is -2.27. The molecule has 0 spiro atoms. The van der Waals surface area contributed by atoms with Gasteiger partial charge in [-0.25, -0.2) is 0 Å². The monoisotopic (exact) mass is 552 g/mol. The molecule has 2 aliphatic heterocycles. The first-order valence-corrected chi connectivity index (χ1v) is 14.0. The van der Waals surface area contributed by atoms with Crippen LogP contribution in [0, 0.1) is 0 Å². The standard InChI is InChI=1S/C30H36N2O6S/c1-30(2,3)22-9-11-23(12-10-22)37-16-17-38-24-13-8-21(18-25(24)36-4)19-26-28(34)32(29(35)39-26)20-27(33)31-14-6-5-7-15-31/h8-13,18-19H,5-7,14-17,20H2,1-4H3/b26-19-. The summed E-state index contributed by atoms with van der Waals surface area (Å²) in [5, 5.41) is -0.434. The van der Waals surface area contributed by atoms with Crippen molar-refractivity contribution in [1.29, 1.82) is 0 Å². The number of nitrogens with zero attached hydrogens (tertiary/aromatic N) is 2. The van der Waals surface area contributed by atoms with Crippen molar-refractivity contribution in [2.75, 3.05) is 40.0 Å². The van der Waals surface area contributed by atoms with Crippen LogP contribution in [0.3, 0.4) is 0 Å². The van der Waals surface area contributed by atoms with Gasteiger partial charge in [-0.2, -0.15) is 0 Å². The number of ether oxygens (including phenoxy) is 3. The molecule has 2 aliphatic rings. The Labute approximate surface area is 234 Å². The molecule has 2 heterocycles. The summed E-state index contributed by atoms with van der Waals surface area (Å²) in [5.74, 6) is 1.18. The average Bonchev–Trinajstić information content (AvgIpc) is 3.19. The number of benzene rings is 2. The maximum atomic E-state index is 12.9. The van der Waals surface area contributed by atoms with Crippen molar-refractivity contribution in [2.45, 2.75) is 45.4 Å². The Bertz CT molecular complexity index is 1230. The fourth-order valence-corrected chi connectivity index (χ4v) is 5.26. The molecule has 0 radical (unpaired) electrons. The predicted molar refractivity (Wildman–Crippen MR) is 152 cm³/mol. The Morgan fingerprint density at radius 1 is 0.949 bits per heavy atom. The van der Waals surface area contributed by atoms with Gasteiger partial charge in [-0.05, 0) is 77.9 Å². The van der Waals surface area contributed by atoms with Crippen LogP contribution in [-0.4, -0.2) is 66.8 Å². The van der Waals surface area contributed by atoms with E-state index in [0.717, 1.165) is 41.7 Å². The van der Waals surface area contributed by atoms with E-state index < -0.39 is 11.1 Å². The summed E-state index contributed by atoms with van der Waals surface area (Å²) < 4.78 is 17.1. The third-order valence-corrected chi connectivity index (χ3v) is 7.60. The quantitative estimate of drug-likeness (QED) is 0.300. The number of methoxy groups -OCH3 is 1. The fraction of sp³-hybridized carbons (Fsp3) is 0.433. The molecule has 0 aliphatic carbocycles. The molecule has 2 aromatic carbocycles. The zero-order chi connectivity index (χ0) is 28.0. The number of imide groups is 1. The van der Waals surface area contributed by atoms with Crippen molar-refractivity contribution in [2.24, 2.45) is 0 Å². The van der Waals surface area contributed by atoms with Gasteiger partial charge in [0.1, 0.15) is 25.5 Å².